The van der Waals surface area contributed by atoms with Gasteiger partial charge in [0.25, 0.3) is 0 Å². The first-order chi connectivity index (χ1) is 9.61. The van der Waals surface area contributed by atoms with E-state index in [1.165, 1.54) is 18.5 Å². The molecule has 2 atom stereocenters. The van der Waals surface area contributed by atoms with Gasteiger partial charge in [0, 0.05) is 25.2 Å². The van der Waals surface area contributed by atoms with Crippen molar-refractivity contribution in [3.8, 4) is 5.75 Å². The highest BCUT2D eigenvalue weighted by atomic mass is 16.5. The molecule has 2 rings (SSSR count). The number of ether oxygens (including phenoxy) is 1. The highest BCUT2D eigenvalue weighted by Gasteiger charge is 2.23. The Morgan fingerprint density at radius 1 is 1.10 bits per heavy atom. The zero-order valence-corrected chi connectivity index (χ0v) is 12.9. The Labute approximate surface area is 122 Å². The summed E-state index contributed by atoms with van der Waals surface area (Å²) in [5.74, 6) is 0.880. The van der Waals surface area contributed by atoms with E-state index < -0.39 is 0 Å². The molecular formula is C16H27N3O. The van der Waals surface area contributed by atoms with Crippen LogP contribution >= 0.6 is 0 Å². The maximum Gasteiger partial charge on any atom is 0.118 e. The second kappa shape index (κ2) is 7.07. The Morgan fingerprint density at radius 3 is 2.45 bits per heavy atom. The van der Waals surface area contributed by atoms with Crippen LogP contribution in [-0.2, 0) is 0 Å². The van der Waals surface area contributed by atoms with E-state index in [0.717, 1.165) is 25.4 Å². The summed E-state index contributed by atoms with van der Waals surface area (Å²) < 4.78 is 5.20. The third-order valence-corrected chi connectivity index (χ3v) is 4.35. The largest absolute Gasteiger partial charge is 0.497 e. The van der Waals surface area contributed by atoms with Crippen LogP contribution in [-0.4, -0.2) is 56.2 Å². The smallest absolute Gasteiger partial charge is 0.118 e. The summed E-state index contributed by atoms with van der Waals surface area (Å²) in [5.41, 5.74) is 7.63. The Morgan fingerprint density at radius 2 is 1.80 bits per heavy atom. The van der Waals surface area contributed by atoms with Gasteiger partial charge in [-0.2, -0.15) is 0 Å². The first-order valence-electron chi connectivity index (χ1n) is 7.44. The van der Waals surface area contributed by atoms with Crippen molar-refractivity contribution >= 4 is 0 Å². The average molecular weight is 277 g/mol. The summed E-state index contributed by atoms with van der Waals surface area (Å²) in [6, 6.07) is 8.52. The Balaban J connectivity index is 2.01. The number of benzene rings is 1. The first-order valence-corrected chi connectivity index (χ1v) is 7.44. The molecule has 0 spiro atoms. The maximum atomic E-state index is 6.45. The van der Waals surface area contributed by atoms with E-state index in [1.54, 1.807) is 7.11 Å². The molecule has 1 aromatic rings. The first kappa shape index (κ1) is 15.3. The van der Waals surface area contributed by atoms with Gasteiger partial charge >= 0.3 is 0 Å². The molecule has 20 heavy (non-hydrogen) atoms. The van der Waals surface area contributed by atoms with Crippen LogP contribution in [0.5, 0.6) is 5.75 Å². The van der Waals surface area contributed by atoms with Crippen molar-refractivity contribution in [1.29, 1.82) is 0 Å². The molecule has 0 saturated carbocycles. The molecule has 1 aliphatic heterocycles. The van der Waals surface area contributed by atoms with Gasteiger partial charge in [-0.3, -0.25) is 4.90 Å². The SMILES string of the molecule is COc1ccc(C(N)C(C)N2CCCN(C)CC2)cc1. The molecule has 4 heteroatoms. The molecule has 0 aromatic heterocycles. The van der Waals surface area contributed by atoms with Crippen LogP contribution in [0.4, 0.5) is 0 Å². The lowest BCUT2D eigenvalue weighted by atomic mass is 10.00. The summed E-state index contributed by atoms with van der Waals surface area (Å²) in [5, 5.41) is 0. The molecule has 2 N–H and O–H groups in total. The van der Waals surface area contributed by atoms with Crippen LogP contribution < -0.4 is 10.5 Å². The van der Waals surface area contributed by atoms with Crippen LogP contribution in [0.15, 0.2) is 24.3 Å². The Kier molecular flexibility index (Phi) is 5.40. The van der Waals surface area contributed by atoms with Crippen molar-refractivity contribution in [2.45, 2.75) is 25.4 Å². The van der Waals surface area contributed by atoms with Crippen LogP contribution in [0.25, 0.3) is 0 Å². The Hall–Kier alpha value is -1.10. The van der Waals surface area contributed by atoms with E-state index in [1.807, 2.05) is 12.1 Å². The number of nitrogens with two attached hydrogens (primary N) is 1. The number of hydrogen-bond acceptors (Lipinski definition) is 4. The molecule has 4 nitrogen and oxygen atoms in total. The fourth-order valence-corrected chi connectivity index (χ4v) is 2.81. The standard InChI is InChI=1S/C16H27N3O/c1-13(19-10-4-9-18(2)11-12-19)16(17)14-5-7-15(20-3)8-6-14/h5-8,13,16H,4,9-12,17H2,1-3H3. The van der Waals surface area contributed by atoms with Gasteiger partial charge in [0.1, 0.15) is 5.75 Å². The van der Waals surface area contributed by atoms with E-state index in [0.29, 0.717) is 6.04 Å². The van der Waals surface area contributed by atoms with Crippen molar-refractivity contribution in [1.82, 2.24) is 9.80 Å². The molecular weight excluding hydrogens is 250 g/mol. The molecule has 0 aliphatic carbocycles. The molecule has 0 radical (unpaired) electrons. The molecule has 1 saturated heterocycles. The van der Waals surface area contributed by atoms with E-state index in [2.05, 4.69) is 35.9 Å². The normalized spacial score (nSPS) is 21.2. The van der Waals surface area contributed by atoms with Crippen LogP contribution in [0, 0.1) is 0 Å². The summed E-state index contributed by atoms with van der Waals surface area (Å²) in [4.78, 5) is 4.91. The lowest BCUT2D eigenvalue weighted by Gasteiger charge is -2.32. The summed E-state index contributed by atoms with van der Waals surface area (Å²) in [6.45, 7) is 6.78. The maximum absolute atomic E-state index is 6.45. The minimum absolute atomic E-state index is 0.0457. The highest BCUT2D eigenvalue weighted by molar-refractivity contribution is 5.29. The zero-order chi connectivity index (χ0) is 14.5. The van der Waals surface area contributed by atoms with Gasteiger partial charge in [-0.05, 0) is 51.2 Å². The van der Waals surface area contributed by atoms with Gasteiger partial charge in [-0.1, -0.05) is 12.1 Å². The minimum Gasteiger partial charge on any atom is -0.497 e. The number of nitrogens with zero attached hydrogens (tertiary/aromatic N) is 2. The molecule has 0 bridgehead atoms. The van der Waals surface area contributed by atoms with Gasteiger partial charge < -0.3 is 15.4 Å². The third-order valence-electron chi connectivity index (χ3n) is 4.35. The molecule has 1 aromatic carbocycles. The van der Waals surface area contributed by atoms with Gasteiger partial charge in [-0.15, -0.1) is 0 Å². The van der Waals surface area contributed by atoms with Crippen molar-refractivity contribution in [3.63, 3.8) is 0 Å². The van der Waals surface area contributed by atoms with Gasteiger partial charge in [0.2, 0.25) is 0 Å². The minimum atomic E-state index is 0.0457. The second-order valence-corrected chi connectivity index (χ2v) is 5.73. The van der Waals surface area contributed by atoms with Crippen LogP contribution in [0.2, 0.25) is 0 Å². The number of rotatable bonds is 4. The van der Waals surface area contributed by atoms with Crippen LogP contribution in [0.1, 0.15) is 24.9 Å². The average Bonchev–Trinajstić information content (AvgIpc) is 2.70. The highest BCUT2D eigenvalue weighted by Crippen LogP contribution is 2.22. The van der Waals surface area contributed by atoms with Crippen molar-refractivity contribution in [2.75, 3.05) is 40.3 Å². The lowest BCUT2D eigenvalue weighted by molar-refractivity contribution is 0.190. The van der Waals surface area contributed by atoms with E-state index >= 15 is 0 Å². The lowest BCUT2D eigenvalue weighted by Crippen LogP contribution is -2.42. The summed E-state index contributed by atoms with van der Waals surface area (Å²) in [7, 11) is 3.88. The molecule has 112 valence electrons. The van der Waals surface area contributed by atoms with Gasteiger partial charge in [0.15, 0.2) is 0 Å². The van der Waals surface area contributed by atoms with E-state index in [9.17, 15) is 0 Å². The van der Waals surface area contributed by atoms with Gasteiger partial charge in [0.05, 0.1) is 7.11 Å². The van der Waals surface area contributed by atoms with E-state index in [-0.39, 0.29) is 6.04 Å². The second-order valence-electron chi connectivity index (χ2n) is 5.73. The number of hydrogen-bond donors (Lipinski definition) is 1. The number of methoxy groups -OCH3 is 1. The fraction of sp³-hybridized carbons (Fsp3) is 0.625. The number of likely N-dealkylation sites (N-methyl/N-ethyl adjacent to an activating group) is 1. The molecule has 1 fully saturated rings. The molecule has 1 aliphatic rings. The monoisotopic (exact) mass is 277 g/mol. The molecule has 2 unspecified atom stereocenters. The van der Waals surface area contributed by atoms with Crippen LogP contribution in [0.3, 0.4) is 0 Å². The predicted molar refractivity (Wildman–Crippen MR) is 83.1 cm³/mol. The van der Waals surface area contributed by atoms with Gasteiger partial charge in [-0.25, -0.2) is 0 Å². The molecule has 1 heterocycles. The predicted octanol–water partition coefficient (Wildman–Crippen LogP) is 1.72. The fourth-order valence-electron chi connectivity index (χ4n) is 2.81. The summed E-state index contributed by atoms with van der Waals surface area (Å²) >= 11 is 0. The Bertz CT molecular complexity index is 407. The topological polar surface area (TPSA) is 41.7 Å². The molecule has 0 amide bonds. The van der Waals surface area contributed by atoms with Crippen molar-refractivity contribution in [2.24, 2.45) is 5.73 Å². The van der Waals surface area contributed by atoms with E-state index in [4.69, 9.17) is 10.5 Å². The van der Waals surface area contributed by atoms with Crippen molar-refractivity contribution in [3.05, 3.63) is 29.8 Å². The quantitative estimate of drug-likeness (QED) is 0.910. The third kappa shape index (κ3) is 3.72. The zero-order valence-electron chi connectivity index (χ0n) is 12.9. The summed E-state index contributed by atoms with van der Waals surface area (Å²) in [6.07, 6.45) is 1.22. The van der Waals surface area contributed by atoms with Crippen molar-refractivity contribution < 1.29 is 4.74 Å².